The molecule has 0 heterocycles. The van der Waals surface area contributed by atoms with Crippen LogP contribution >= 0.6 is 0 Å². The van der Waals surface area contributed by atoms with Crippen LogP contribution in [0.25, 0.3) is 0 Å². The molecule has 0 aromatic rings. The largest absolute Gasteiger partial charge is 0.427 e. The van der Waals surface area contributed by atoms with Crippen molar-refractivity contribution in [3.8, 4) is 0 Å². The van der Waals surface area contributed by atoms with E-state index in [0.29, 0.717) is 5.76 Å². The Kier molecular flexibility index (Phi) is 2.79. The molecule has 1 aliphatic carbocycles. The number of nitro groups is 1. The molecule has 70 valence electrons. The summed E-state index contributed by atoms with van der Waals surface area (Å²) in [6, 6.07) is -0.695. The van der Waals surface area contributed by atoms with E-state index in [9.17, 15) is 14.9 Å². The Morgan fingerprint density at radius 1 is 1.77 bits per heavy atom. The summed E-state index contributed by atoms with van der Waals surface area (Å²) in [5.74, 6) is -0.0407. The van der Waals surface area contributed by atoms with Gasteiger partial charge in [-0.2, -0.15) is 0 Å². The molecule has 0 fully saturated rings. The molecule has 0 N–H and O–H groups in total. The van der Waals surface area contributed by atoms with E-state index in [1.54, 1.807) is 0 Å². The average molecular weight is 183 g/mol. The quantitative estimate of drug-likeness (QED) is 0.364. The number of hydrogen-bond donors (Lipinski definition) is 0. The molecule has 0 saturated carbocycles. The van der Waals surface area contributed by atoms with Crippen molar-refractivity contribution >= 4 is 5.97 Å². The van der Waals surface area contributed by atoms with Crippen molar-refractivity contribution in [2.75, 3.05) is 0 Å². The summed E-state index contributed by atoms with van der Waals surface area (Å²) in [5, 5.41) is 10.3. The minimum atomic E-state index is -0.695. The van der Waals surface area contributed by atoms with Gasteiger partial charge in [-0.25, -0.2) is 0 Å². The van der Waals surface area contributed by atoms with Gasteiger partial charge in [-0.15, -0.1) is 0 Å². The maximum atomic E-state index is 10.5. The van der Waals surface area contributed by atoms with E-state index in [-0.39, 0.29) is 11.3 Å². The van der Waals surface area contributed by atoms with Crippen molar-refractivity contribution in [3.05, 3.63) is 34.1 Å². The van der Waals surface area contributed by atoms with Crippen LogP contribution in [-0.2, 0) is 9.53 Å². The van der Waals surface area contributed by atoms with Crippen LogP contribution in [0.1, 0.15) is 13.3 Å². The summed E-state index contributed by atoms with van der Waals surface area (Å²) in [6.45, 7) is 1.29. The second-order valence-electron chi connectivity index (χ2n) is 2.65. The first-order valence-corrected chi connectivity index (χ1v) is 3.80. The number of esters is 1. The van der Waals surface area contributed by atoms with E-state index in [1.807, 2.05) is 0 Å². The Bertz CT molecular complexity index is 293. The van der Waals surface area contributed by atoms with Crippen molar-refractivity contribution in [1.29, 1.82) is 0 Å². The van der Waals surface area contributed by atoms with Crippen molar-refractivity contribution in [1.82, 2.24) is 0 Å². The number of nitrogens with zero attached hydrogens (tertiary/aromatic N) is 1. The zero-order chi connectivity index (χ0) is 9.84. The molecule has 1 atom stereocenters. The monoisotopic (exact) mass is 183 g/mol. The Hall–Kier alpha value is -1.65. The van der Waals surface area contributed by atoms with Crippen LogP contribution < -0.4 is 0 Å². The maximum Gasteiger partial charge on any atom is 0.308 e. The molecule has 1 rings (SSSR count). The third-order valence-corrected chi connectivity index (χ3v) is 1.58. The van der Waals surface area contributed by atoms with E-state index < -0.39 is 12.0 Å². The van der Waals surface area contributed by atoms with Gasteiger partial charge in [0.25, 0.3) is 0 Å². The van der Waals surface area contributed by atoms with Crippen LogP contribution in [0.3, 0.4) is 0 Å². The molecule has 5 nitrogen and oxygen atoms in total. The predicted molar refractivity (Wildman–Crippen MR) is 44.4 cm³/mol. The van der Waals surface area contributed by atoms with Gasteiger partial charge in [0.15, 0.2) is 0 Å². The summed E-state index contributed by atoms with van der Waals surface area (Å²) < 4.78 is 4.73. The fourth-order valence-corrected chi connectivity index (χ4v) is 0.987. The number of rotatable bonds is 2. The molecule has 13 heavy (non-hydrogen) atoms. The Morgan fingerprint density at radius 2 is 2.46 bits per heavy atom. The fourth-order valence-electron chi connectivity index (χ4n) is 0.987. The molecule has 5 heteroatoms. The number of hydrogen-bond acceptors (Lipinski definition) is 4. The fraction of sp³-hybridized carbons (Fsp3) is 0.375. The molecule has 0 aromatic carbocycles. The van der Waals surface area contributed by atoms with E-state index in [4.69, 9.17) is 4.74 Å². The Labute approximate surface area is 74.8 Å². The smallest absolute Gasteiger partial charge is 0.308 e. The molecular weight excluding hydrogens is 174 g/mol. The number of carbonyl (C=O) groups is 1. The SMILES string of the molecule is CC(=O)OC1=CCC([N+](=O)[O-])C=C1. The van der Waals surface area contributed by atoms with Crippen LogP contribution in [0.5, 0.6) is 0 Å². The van der Waals surface area contributed by atoms with Gasteiger partial charge in [0.1, 0.15) is 5.76 Å². The van der Waals surface area contributed by atoms with Gasteiger partial charge in [0.05, 0.1) is 0 Å². The third-order valence-electron chi connectivity index (χ3n) is 1.58. The van der Waals surface area contributed by atoms with Crippen molar-refractivity contribution < 1.29 is 14.5 Å². The first kappa shape index (κ1) is 9.44. The van der Waals surface area contributed by atoms with Crippen molar-refractivity contribution in [2.45, 2.75) is 19.4 Å². The Balaban J connectivity index is 2.55. The lowest BCUT2D eigenvalue weighted by Crippen LogP contribution is -2.18. The minimum Gasteiger partial charge on any atom is -0.427 e. The second kappa shape index (κ2) is 3.84. The van der Waals surface area contributed by atoms with Gasteiger partial charge in [-0.05, 0) is 18.2 Å². The summed E-state index contributed by atoms with van der Waals surface area (Å²) in [4.78, 5) is 20.4. The zero-order valence-electron chi connectivity index (χ0n) is 7.10. The summed E-state index contributed by atoms with van der Waals surface area (Å²) in [7, 11) is 0. The second-order valence-corrected chi connectivity index (χ2v) is 2.65. The van der Waals surface area contributed by atoms with Crippen LogP contribution in [0.2, 0.25) is 0 Å². The highest BCUT2D eigenvalue weighted by atomic mass is 16.6. The number of ether oxygens (including phenoxy) is 1. The molecular formula is C8H9NO4. The molecule has 1 aliphatic rings. The Morgan fingerprint density at radius 3 is 2.85 bits per heavy atom. The molecule has 0 amide bonds. The standard InChI is InChI=1S/C8H9NO4/c1-6(10)13-8-4-2-7(3-5-8)9(11)12/h2,4-5,7H,3H2,1H3. The summed E-state index contributed by atoms with van der Waals surface area (Å²) >= 11 is 0. The van der Waals surface area contributed by atoms with Gasteiger partial charge < -0.3 is 4.74 Å². The van der Waals surface area contributed by atoms with Gasteiger partial charge in [-0.1, -0.05) is 0 Å². The summed E-state index contributed by atoms with van der Waals surface area (Å²) in [5.41, 5.74) is 0. The normalized spacial score (nSPS) is 20.7. The van der Waals surface area contributed by atoms with E-state index >= 15 is 0 Å². The predicted octanol–water partition coefficient (Wildman–Crippen LogP) is 1.04. The number of allylic oxidation sites excluding steroid dienone is 1. The lowest BCUT2D eigenvalue weighted by atomic mass is 10.1. The van der Waals surface area contributed by atoms with Gasteiger partial charge in [-0.3, -0.25) is 14.9 Å². The maximum absolute atomic E-state index is 10.5. The topological polar surface area (TPSA) is 69.4 Å². The lowest BCUT2D eigenvalue weighted by molar-refractivity contribution is -0.508. The highest BCUT2D eigenvalue weighted by Gasteiger charge is 2.18. The van der Waals surface area contributed by atoms with E-state index in [2.05, 4.69) is 0 Å². The van der Waals surface area contributed by atoms with Crippen LogP contribution in [0.4, 0.5) is 0 Å². The minimum absolute atomic E-state index is 0.270. The molecule has 0 radical (unpaired) electrons. The van der Waals surface area contributed by atoms with Crippen LogP contribution in [-0.4, -0.2) is 16.9 Å². The molecule has 0 bridgehead atoms. The van der Waals surface area contributed by atoms with Gasteiger partial charge in [0, 0.05) is 18.3 Å². The molecule has 0 spiro atoms. The lowest BCUT2D eigenvalue weighted by Gasteiger charge is -2.08. The first-order chi connectivity index (χ1) is 6.09. The highest BCUT2D eigenvalue weighted by molar-refractivity contribution is 5.67. The highest BCUT2D eigenvalue weighted by Crippen LogP contribution is 2.13. The first-order valence-electron chi connectivity index (χ1n) is 3.80. The van der Waals surface area contributed by atoms with Crippen LogP contribution in [0, 0.1) is 10.1 Å². The third kappa shape index (κ3) is 2.70. The average Bonchev–Trinajstić information content (AvgIpc) is 2.04. The zero-order valence-corrected chi connectivity index (χ0v) is 7.10. The summed E-state index contributed by atoms with van der Waals surface area (Å²) in [6.07, 6.45) is 4.66. The molecule has 0 saturated heterocycles. The van der Waals surface area contributed by atoms with Crippen molar-refractivity contribution in [2.24, 2.45) is 0 Å². The van der Waals surface area contributed by atoms with E-state index in [0.717, 1.165) is 0 Å². The number of carbonyl (C=O) groups excluding carboxylic acids is 1. The van der Waals surface area contributed by atoms with Gasteiger partial charge >= 0.3 is 5.97 Å². The molecule has 0 aliphatic heterocycles. The molecule has 1 unspecified atom stereocenters. The van der Waals surface area contributed by atoms with Gasteiger partial charge in [0.2, 0.25) is 6.04 Å². The van der Waals surface area contributed by atoms with Crippen molar-refractivity contribution in [3.63, 3.8) is 0 Å². The van der Waals surface area contributed by atoms with E-state index in [1.165, 1.54) is 25.2 Å². The molecule has 0 aromatic heterocycles. The van der Waals surface area contributed by atoms with Crippen LogP contribution in [0.15, 0.2) is 24.0 Å².